The Balaban J connectivity index is 2.13. The standard InChI is InChI=1S/C15H21NO4S/c1-2-10-21(18,19)14-8-4-3-7-13(14)15(17)16-11-12-6-5-9-20-12/h3-4,7-8,12H,2,5-6,9-11H2,1H3,(H,16,17)/t12-/m0/s1. The third kappa shape index (κ3) is 4.04. The minimum atomic E-state index is -3.42. The summed E-state index contributed by atoms with van der Waals surface area (Å²) >= 11 is 0. The summed E-state index contributed by atoms with van der Waals surface area (Å²) in [6, 6.07) is 6.35. The fraction of sp³-hybridized carbons (Fsp3) is 0.533. The molecule has 0 radical (unpaired) electrons. The summed E-state index contributed by atoms with van der Waals surface area (Å²) in [4.78, 5) is 12.4. The van der Waals surface area contributed by atoms with Crippen molar-refractivity contribution in [2.75, 3.05) is 18.9 Å². The van der Waals surface area contributed by atoms with Crippen molar-refractivity contribution in [3.8, 4) is 0 Å². The number of ether oxygens (including phenoxy) is 1. The molecule has 116 valence electrons. The Hall–Kier alpha value is -1.40. The van der Waals surface area contributed by atoms with E-state index in [-0.39, 0.29) is 28.2 Å². The van der Waals surface area contributed by atoms with Gasteiger partial charge in [0.1, 0.15) is 0 Å². The second kappa shape index (κ2) is 7.04. The molecule has 1 N–H and O–H groups in total. The molecule has 1 atom stereocenters. The number of amides is 1. The zero-order valence-electron chi connectivity index (χ0n) is 12.2. The van der Waals surface area contributed by atoms with Crippen LogP contribution < -0.4 is 5.32 Å². The fourth-order valence-electron chi connectivity index (χ4n) is 2.41. The second-order valence-corrected chi connectivity index (χ2v) is 7.24. The Bertz CT molecular complexity index is 591. The predicted octanol–water partition coefficient (Wildman–Crippen LogP) is 1.78. The molecular formula is C15H21NO4S. The SMILES string of the molecule is CCCS(=O)(=O)c1ccccc1C(=O)NC[C@@H]1CCCO1. The van der Waals surface area contributed by atoms with E-state index in [9.17, 15) is 13.2 Å². The van der Waals surface area contributed by atoms with Gasteiger partial charge in [0.25, 0.3) is 5.91 Å². The quantitative estimate of drug-likeness (QED) is 0.869. The highest BCUT2D eigenvalue weighted by atomic mass is 32.2. The Kier molecular flexibility index (Phi) is 5.36. The van der Waals surface area contributed by atoms with E-state index in [4.69, 9.17) is 4.74 Å². The molecule has 0 bridgehead atoms. The normalized spacial score (nSPS) is 18.6. The van der Waals surface area contributed by atoms with Gasteiger partial charge in [-0.1, -0.05) is 19.1 Å². The van der Waals surface area contributed by atoms with E-state index in [1.807, 2.05) is 0 Å². The Morgan fingerprint density at radius 3 is 2.81 bits per heavy atom. The van der Waals surface area contributed by atoms with Crippen LogP contribution in [0.5, 0.6) is 0 Å². The third-order valence-electron chi connectivity index (χ3n) is 3.45. The van der Waals surface area contributed by atoms with Gasteiger partial charge >= 0.3 is 0 Å². The Morgan fingerprint density at radius 1 is 1.38 bits per heavy atom. The maximum Gasteiger partial charge on any atom is 0.252 e. The first-order chi connectivity index (χ1) is 10.0. The van der Waals surface area contributed by atoms with Crippen molar-refractivity contribution >= 4 is 15.7 Å². The molecule has 0 aromatic heterocycles. The Morgan fingerprint density at radius 2 is 2.14 bits per heavy atom. The summed E-state index contributed by atoms with van der Waals surface area (Å²) in [6.45, 7) is 2.95. The first-order valence-electron chi connectivity index (χ1n) is 7.26. The maximum atomic E-state index is 12.2. The second-order valence-electron chi connectivity index (χ2n) is 5.16. The minimum absolute atomic E-state index is 0.0355. The van der Waals surface area contributed by atoms with E-state index in [0.717, 1.165) is 19.4 Å². The average Bonchev–Trinajstić information content (AvgIpc) is 2.98. The van der Waals surface area contributed by atoms with Crippen LogP contribution in [0.25, 0.3) is 0 Å². The van der Waals surface area contributed by atoms with Crippen molar-refractivity contribution in [2.45, 2.75) is 37.2 Å². The summed E-state index contributed by atoms with van der Waals surface area (Å²) in [5.41, 5.74) is 0.212. The van der Waals surface area contributed by atoms with Gasteiger partial charge in [-0.25, -0.2) is 8.42 Å². The van der Waals surface area contributed by atoms with E-state index in [2.05, 4.69) is 5.32 Å². The molecule has 0 spiro atoms. The molecule has 21 heavy (non-hydrogen) atoms. The number of hydrogen-bond acceptors (Lipinski definition) is 4. The van der Waals surface area contributed by atoms with E-state index in [0.29, 0.717) is 13.0 Å². The van der Waals surface area contributed by atoms with Gasteiger partial charge in [-0.2, -0.15) is 0 Å². The molecule has 1 aliphatic heterocycles. The number of nitrogens with one attached hydrogen (secondary N) is 1. The van der Waals surface area contributed by atoms with Gasteiger partial charge in [0.15, 0.2) is 9.84 Å². The van der Waals surface area contributed by atoms with Crippen molar-refractivity contribution in [1.82, 2.24) is 5.32 Å². The zero-order valence-corrected chi connectivity index (χ0v) is 13.0. The lowest BCUT2D eigenvalue weighted by Gasteiger charge is -2.13. The summed E-state index contributed by atoms with van der Waals surface area (Å²) in [5, 5.41) is 2.77. The van der Waals surface area contributed by atoms with Crippen LogP contribution in [-0.2, 0) is 14.6 Å². The lowest BCUT2D eigenvalue weighted by atomic mass is 10.2. The number of hydrogen-bond donors (Lipinski definition) is 1. The fourth-order valence-corrected chi connectivity index (χ4v) is 3.95. The molecule has 1 heterocycles. The summed E-state index contributed by atoms with van der Waals surface area (Å²) in [5.74, 6) is -0.316. The van der Waals surface area contributed by atoms with Crippen LogP contribution in [0.1, 0.15) is 36.5 Å². The molecular weight excluding hydrogens is 290 g/mol. The van der Waals surface area contributed by atoms with Crippen LogP contribution in [0.3, 0.4) is 0 Å². The van der Waals surface area contributed by atoms with Crippen molar-refractivity contribution in [2.24, 2.45) is 0 Å². The van der Waals surface area contributed by atoms with E-state index < -0.39 is 9.84 Å². The number of carbonyl (C=O) groups excluding carboxylic acids is 1. The first kappa shape index (κ1) is 16.0. The molecule has 1 amide bonds. The minimum Gasteiger partial charge on any atom is -0.376 e. The van der Waals surface area contributed by atoms with Gasteiger partial charge in [-0.15, -0.1) is 0 Å². The largest absolute Gasteiger partial charge is 0.376 e. The summed E-state index contributed by atoms with van der Waals surface area (Å²) < 4.78 is 29.9. The zero-order chi connectivity index (χ0) is 15.3. The van der Waals surface area contributed by atoms with Gasteiger partial charge in [0.05, 0.1) is 22.3 Å². The molecule has 1 aliphatic rings. The van der Waals surface area contributed by atoms with Gasteiger partial charge in [-0.3, -0.25) is 4.79 Å². The van der Waals surface area contributed by atoms with Gasteiger partial charge in [0.2, 0.25) is 0 Å². The highest BCUT2D eigenvalue weighted by Crippen LogP contribution is 2.18. The smallest absolute Gasteiger partial charge is 0.252 e. The van der Waals surface area contributed by atoms with Crippen LogP contribution in [0, 0.1) is 0 Å². The predicted molar refractivity (Wildman–Crippen MR) is 80.1 cm³/mol. The van der Waals surface area contributed by atoms with Gasteiger partial charge in [0, 0.05) is 13.2 Å². The third-order valence-corrected chi connectivity index (χ3v) is 5.43. The molecule has 6 heteroatoms. The van der Waals surface area contributed by atoms with E-state index in [1.54, 1.807) is 25.1 Å². The molecule has 1 aromatic rings. The highest BCUT2D eigenvalue weighted by Gasteiger charge is 2.22. The topological polar surface area (TPSA) is 72.5 Å². The number of benzene rings is 1. The van der Waals surface area contributed by atoms with Crippen LogP contribution >= 0.6 is 0 Å². The summed E-state index contributed by atoms with van der Waals surface area (Å²) in [6.07, 6.45) is 2.49. The van der Waals surface area contributed by atoms with Crippen LogP contribution in [-0.4, -0.2) is 39.3 Å². The summed E-state index contributed by atoms with van der Waals surface area (Å²) in [7, 11) is -3.42. The highest BCUT2D eigenvalue weighted by molar-refractivity contribution is 7.91. The van der Waals surface area contributed by atoms with E-state index >= 15 is 0 Å². The molecule has 5 nitrogen and oxygen atoms in total. The van der Waals surface area contributed by atoms with E-state index in [1.165, 1.54) is 6.07 Å². The molecule has 0 unspecified atom stereocenters. The van der Waals surface area contributed by atoms with Crippen molar-refractivity contribution in [3.05, 3.63) is 29.8 Å². The number of carbonyl (C=O) groups is 1. The van der Waals surface area contributed by atoms with Crippen molar-refractivity contribution in [3.63, 3.8) is 0 Å². The number of sulfone groups is 1. The number of rotatable bonds is 6. The van der Waals surface area contributed by atoms with Crippen LogP contribution in [0.4, 0.5) is 0 Å². The van der Waals surface area contributed by atoms with Gasteiger partial charge < -0.3 is 10.1 Å². The van der Waals surface area contributed by atoms with Crippen LogP contribution in [0.15, 0.2) is 29.2 Å². The Labute approximate surface area is 125 Å². The van der Waals surface area contributed by atoms with Crippen LogP contribution in [0.2, 0.25) is 0 Å². The maximum absolute atomic E-state index is 12.2. The van der Waals surface area contributed by atoms with Crippen molar-refractivity contribution in [1.29, 1.82) is 0 Å². The van der Waals surface area contributed by atoms with Gasteiger partial charge in [-0.05, 0) is 31.4 Å². The molecule has 1 saturated heterocycles. The molecule has 2 rings (SSSR count). The molecule has 0 saturated carbocycles. The molecule has 0 aliphatic carbocycles. The first-order valence-corrected chi connectivity index (χ1v) is 8.91. The lowest BCUT2D eigenvalue weighted by molar-refractivity contribution is 0.0855. The molecule has 1 fully saturated rings. The average molecular weight is 311 g/mol. The molecule has 1 aromatic carbocycles. The van der Waals surface area contributed by atoms with Crippen molar-refractivity contribution < 1.29 is 17.9 Å². The monoisotopic (exact) mass is 311 g/mol. The lowest BCUT2D eigenvalue weighted by Crippen LogP contribution is -2.32.